The van der Waals surface area contributed by atoms with Crippen molar-refractivity contribution in [2.45, 2.75) is 25.9 Å². The molecule has 0 bridgehead atoms. The lowest BCUT2D eigenvalue weighted by atomic mass is 10.1. The highest BCUT2D eigenvalue weighted by Crippen LogP contribution is 2.33. The number of nitrogens with zero attached hydrogens (tertiary/aromatic N) is 2. The van der Waals surface area contributed by atoms with Crippen LogP contribution in [0.15, 0.2) is 66.9 Å². The fourth-order valence-corrected chi connectivity index (χ4v) is 3.61. The molecule has 4 rings (SSSR count). The Bertz CT molecular complexity index is 1080. The van der Waals surface area contributed by atoms with E-state index in [0.717, 1.165) is 17.7 Å². The van der Waals surface area contributed by atoms with E-state index in [4.69, 9.17) is 0 Å². The van der Waals surface area contributed by atoms with Crippen molar-refractivity contribution in [3.8, 4) is 0 Å². The fourth-order valence-electron chi connectivity index (χ4n) is 3.61. The van der Waals surface area contributed by atoms with Crippen LogP contribution in [0.25, 0.3) is 0 Å². The lowest BCUT2D eigenvalue weighted by molar-refractivity contribution is 0.0945. The summed E-state index contributed by atoms with van der Waals surface area (Å²) in [6.45, 7) is 2.04. The van der Waals surface area contributed by atoms with Crippen molar-refractivity contribution < 1.29 is 14.0 Å². The van der Waals surface area contributed by atoms with Gasteiger partial charge in [-0.3, -0.25) is 14.6 Å². The lowest BCUT2D eigenvalue weighted by Gasteiger charge is -2.23. The molecule has 6 heteroatoms. The first-order chi connectivity index (χ1) is 14.0. The van der Waals surface area contributed by atoms with Crippen LogP contribution in [0, 0.1) is 5.82 Å². The van der Waals surface area contributed by atoms with Crippen LogP contribution in [0.2, 0.25) is 0 Å². The molecule has 2 heterocycles. The van der Waals surface area contributed by atoms with Crippen molar-refractivity contribution in [2.75, 3.05) is 4.90 Å². The Morgan fingerprint density at radius 1 is 1.14 bits per heavy atom. The van der Waals surface area contributed by atoms with Gasteiger partial charge >= 0.3 is 0 Å². The first kappa shape index (κ1) is 18.8. The molecule has 0 spiro atoms. The average Bonchev–Trinajstić information content (AvgIpc) is 3.08. The maximum Gasteiger partial charge on any atom is 0.270 e. The predicted molar refractivity (Wildman–Crippen MR) is 108 cm³/mol. The van der Waals surface area contributed by atoms with Crippen molar-refractivity contribution in [1.82, 2.24) is 10.3 Å². The monoisotopic (exact) mass is 389 g/mol. The van der Waals surface area contributed by atoms with E-state index in [2.05, 4.69) is 10.3 Å². The minimum atomic E-state index is -0.460. The summed E-state index contributed by atoms with van der Waals surface area (Å²) in [5.74, 6) is -1.02. The topological polar surface area (TPSA) is 62.3 Å². The summed E-state index contributed by atoms with van der Waals surface area (Å²) in [4.78, 5) is 31.4. The van der Waals surface area contributed by atoms with Gasteiger partial charge in [-0.25, -0.2) is 4.39 Å². The number of carbonyl (C=O) groups is 2. The van der Waals surface area contributed by atoms with Crippen LogP contribution in [-0.2, 0) is 13.0 Å². The zero-order valence-corrected chi connectivity index (χ0v) is 15.9. The number of hydrogen-bond acceptors (Lipinski definition) is 3. The fraction of sp³-hybridized carbons (Fsp3) is 0.174. The van der Waals surface area contributed by atoms with Crippen LogP contribution < -0.4 is 10.2 Å². The second-order valence-electron chi connectivity index (χ2n) is 7.06. The number of halogens is 1. The van der Waals surface area contributed by atoms with E-state index in [0.29, 0.717) is 11.1 Å². The van der Waals surface area contributed by atoms with Gasteiger partial charge in [-0.1, -0.05) is 36.4 Å². The average molecular weight is 389 g/mol. The molecule has 1 N–H and O–H groups in total. The maximum atomic E-state index is 13.7. The normalized spacial score (nSPS) is 15.1. The number of carbonyl (C=O) groups excluding carboxylic acids is 2. The van der Waals surface area contributed by atoms with E-state index in [-0.39, 0.29) is 30.0 Å². The zero-order chi connectivity index (χ0) is 20.4. The summed E-state index contributed by atoms with van der Waals surface area (Å²) in [7, 11) is 0. The van der Waals surface area contributed by atoms with Crippen LogP contribution in [-0.4, -0.2) is 22.8 Å². The SMILES string of the molecule is CC1Cc2ccccc2N1C(=O)c1ccnc(C(=O)NCc2ccccc2F)c1. The number of amides is 2. The van der Waals surface area contributed by atoms with Crippen LogP contribution in [0.1, 0.15) is 38.9 Å². The molecular formula is C23H20FN3O2. The molecule has 1 aliphatic heterocycles. The van der Waals surface area contributed by atoms with E-state index in [1.807, 2.05) is 31.2 Å². The first-order valence-electron chi connectivity index (χ1n) is 9.43. The number of hydrogen-bond donors (Lipinski definition) is 1. The van der Waals surface area contributed by atoms with Gasteiger partial charge in [0.05, 0.1) is 0 Å². The molecule has 1 aliphatic rings. The molecule has 1 aromatic heterocycles. The Hall–Kier alpha value is -3.54. The van der Waals surface area contributed by atoms with Gasteiger partial charge in [0.25, 0.3) is 11.8 Å². The van der Waals surface area contributed by atoms with Crippen LogP contribution >= 0.6 is 0 Å². The largest absolute Gasteiger partial charge is 0.347 e. The van der Waals surface area contributed by atoms with Crippen molar-refractivity contribution >= 4 is 17.5 Å². The Balaban J connectivity index is 1.52. The number of pyridine rings is 1. The summed E-state index contributed by atoms with van der Waals surface area (Å²) in [6, 6.07) is 17.2. The van der Waals surface area contributed by atoms with E-state index in [9.17, 15) is 14.0 Å². The van der Waals surface area contributed by atoms with Crippen molar-refractivity contribution in [3.05, 3.63) is 95.1 Å². The predicted octanol–water partition coefficient (Wildman–Crippen LogP) is 3.74. The van der Waals surface area contributed by atoms with E-state index >= 15 is 0 Å². The highest BCUT2D eigenvalue weighted by molar-refractivity contribution is 6.08. The van der Waals surface area contributed by atoms with Gasteiger partial charge in [-0.05, 0) is 43.2 Å². The minimum absolute atomic E-state index is 0.0337. The summed E-state index contributed by atoms with van der Waals surface area (Å²) in [6.07, 6.45) is 2.24. The molecule has 1 atom stereocenters. The number of para-hydroxylation sites is 1. The van der Waals surface area contributed by atoms with Crippen molar-refractivity contribution in [2.24, 2.45) is 0 Å². The van der Waals surface area contributed by atoms with Gasteiger partial charge < -0.3 is 10.2 Å². The summed E-state index contributed by atoms with van der Waals surface area (Å²) in [5, 5.41) is 2.65. The Morgan fingerprint density at radius 2 is 1.90 bits per heavy atom. The smallest absolute Gasteiger partial charge is 0.270 e. The Kier molecular flexibility index (Phi) is 5.08. The Morgan fingerprint density at radius 3 is 2.72 bits per heavy atom. The second-order valence-corrected chi connectivity index (χ2v) is 7.06. The molecule has 0 aliphatic carbocycles. The molecule has 29 heavy (non-hydrogen) atoms. The van der Waals surface area contributed by atoms with Crippen LogP contribution in [0.4, 0.5) is 10.1 Å². The zero-order valence-electron chi connectivity index (χ0n) is 15.9. The third-order valence-electron chi connectivity index (χ3n) is 5.06. The third-order valence-corrected chi connectivity index (χ3v) is 5.06. The minimum Gasteiger partial charge on any atom is -0.347 e. The highest BCUT2D eigenvalue weighted by atomic mass is 19.1. The van der Waals surface area contributed by atoms with Gasteiger partial charge in [-0.15, -0.1) is 0 Å². The quantitative estimate of drug-likeness (QED) is 0.739. The van der Waals surface area contributed by atoms with E-state index in [1.54, 1.807) is 29.2 Å². The van der Waals surface area contributed by atoms with Gasteiger partial charge in [0.15, 0.2) is 0 Å². The number of benzene rings is 2. The number of rotatable bonds is 4. The summed E-state index contributed by atoms with van der Waals surface area (Å²) >= 11 is 0. The third kappa shape index (κ3) is 3.74. The molecule has 2 amide bonds. The van der Waals surface area contributed by atoms with Gasteiger partial charge in [0, 0.05) is 35.6 Å². The second kappa shape index (κ2) is 7.83. The lowest BCUT2D eigenvalue weighted by Crippen LogP contribution is -2.36. The molecule has 0 radical (unpaired) electrons. The van der Waals surface area contributed by atoms with Crippen LogP contribution in [0.3, 0.4) is 0 Å². The molecule has 146 valence electrons. The molecule has 5 nitrogen and oxygen atoms in total. The Labute approximate surface area is 168 Å². The van der Waals surface area contributed by atoms with Crippen molar-refractivity contribution in [3.63, 3.8) is 0 Å². The maximum absolute atomic E-state index is 13.7. The number of fused-ring (bicyclic) bond motifs is 1. The first-order valence-corrected chi connectivity index (χ1v) is 9.43. The van der Waals surface area contributed by atoms with E-state index in [1.165, 1.54) is 18.3 Å². The highest BCUT2D eigenvalue weighted by Gasteiger charge is 2.31. The molecule has 3 aromatic rings. The standard InChI is InChI=1S/C23H20FN3O2/c1-15-12-16-6-3-5-9-21(16)27(15)23(29)17-10-11-25-20(13-17)22(28)26-14-18-7-2-4-8-19(18)24/h2-11,13,15H,12,14H2,1H3,(H,26,28). The molecule has 0 saturated carbocycles. The summed E-state index contributed by atoms with van der Waals surface area (Å²) in [5.41, 5.74) is 2.92. The molecule has 0 saturated heterocycles. The molecular weight excluding hydrogens is 369 g/mol. The van der Waals surface area contributed by atoms with Gasteiger partial charge in [0.1, 0.15) is 11.5 Å². The summed E-state index contributed by atoms with van der Waals surface area (Å²) < 4.78 is 13.7. The number of nitrogens with one attached hydrogen (secondary N) is 1. The van der Waals surface area contributed by atoms with Crippen LogP contribution in [0.5, 0.6) is 0 Å². The number of anilines is 1. The van der Waals surface area contributed by atoms with E-state index < -0.39 is 5.91 Å². The van der Waals surface area contributed by atoms with Gasteiger partial charge in [0.2, 0.25) is 0 Å². The molecule has 0 fully saturated rings. The van der Waals surface area contributed by atoms with Crippen molar-refractivity contribution in [1.29, 1.82) is 0 Å². The van der Waals surface area contributed by atoms with Gasteiger partial charge in [-0.2, -0.15) is 0 Å². The number of aromatic nitrogens is 1. The molecule has 2 aromatic carbocycles. The molecule has 1 unspecified atom stereocenters.